The second-order valence-corrected chi connectivity index (χ2v) is 7.27. The summed E-state index contributed by atoms with van der Waals surface area (Å²) in [6.45, 7) is 0.998. The molecule has 8 heteroatoms. The molecule has 0 aliphatic carbocycles. The van der Waals surface area contributed by atoms with Crippen LogP contribution in [0.25, 0.3) is 0 Å². The number of carboxylic acid groups (broad SMARTS) is 1. The van der Waals surface area contributed by atoms with Crippen molar-refractivity contribution in [3.63, 3.8) is 0 Å². The number of carboxylic acids is 1. The third-order valence-corrected chi connectivity index (χ3v) is 4.30. The van der Waals surface area contributed by atoms with Gasteiger partial charge >= 0.3 is 5.97 Å². The van der Waals surface area contributed by atoms with Gasteiger partial charge in [0.2, 0.25) is 15.9 Å². The Labute approximate surface area is 125 Å². The number of hydrogen-bond donors (Lipinski definition) is 2. The van der Waals surface area contributed by atoms with E-state index in [2.05, 4.69) is 4.72 Å². The standard InChI is InChI=1S/C13H24N2O5S/c1-21(19,20)14-9-8-11-5-2-3-10-15(11)12(16)6-4-7-13(17)18/h11,14H,2-10H2,1H3,(H,17,18). The van der Waals surface area contributed by atoms with Crippen molar-refractivity contribution < 1.29 is 23.1 Å². The topological polar surface area (TPSA) is 104 Å². The number of carbonyl (C=O) groups excluding carboxylic acids is 1. The molecule has 0 spiro atoms. The van der Waals surface area contributed by atoms with Crippen LogP contribution in [0.2, 0.25) is 0 Å². The van der Waals surface area contributed by atoms with Crippen molar-refractivity contribution in [2.24, 2.45) is 0 Å². The van der Waals surface area contributed by atoms with Gasteiger partial charge in [-0.1, -0.05) is 0 Å². The van der Waals surface area contributed by atoms with Gasteiger partial charge in [-0.3, -0.25) is 9.59 Å². The lowest BCUT2D eigenvalue weighted by atomic mass is 9.98. The minimum Gasteiger partial charge on any atom is -0.481 e. The maximum Gasteiger partial charge on any atom is 0.303 e. The summed E-state index contributed by atoms with van der Waals surface area (Å²) >= 11 is 0. The molecule has 1 aliphatic rings. The van der Waals surface area contributed by atoms with Crippen molar-refractivity contribution in [3.8, 4) is 0 Å². The zero-order chi connectivity index (χ0) is 15.9. The summed E-state index contributed by atoms with van der Waals surface area (Å²) in [6.07, 6.45) is 5.14. The molecule has 1 atom stereocenters. The average Bonchev–Trinajstić information content (AvgIpc) is 2.37. The molecule has 1 rings (SSSR count). The van der Waals surface area contributed by atoms with Gasteiger partial charge in [0.1, 0.15) is 0 Å². The van der Waals surface area contributed by atoms with E-state index in [-0.39, 0.29) is 24.8 Å². The lowest BCUT2D eigenvalue weighted by Crippen LogP contribution is -2.45. The van der Waals surface area contributed by atoms with Crippen LogP contribution in [0.1, 0.15) is 44.9 Å². The highest BCUT2D eigenvalue weighted by atomic mass is 32.2. The molecular formula is C13H24N2O5S. The molecule has 0 radical (unpaired) electrons. The van der Waals surface area contributed by atoms with Crippen LogP contribution in [0.15, 0.2) is 0 Å². The smallest absolute Gasteiger partial charge is 0.303 e. The fourth-order valence-corrected chi connectivity index (χ4v) is 3.06. The van der Waals surface area contributed by atoms with Crippen LogP contribution in [-0.4, -0.2) is 55.7 Å². The van der Waals surface area contributed by atoms with Crippen LogP contribution < -0.4 is 4.72 Å². The maximum absolute atomic E-state index is 12.1. The minimum atomic E-state index is -3.21. The highest BCUT2D eigenvalue weighted by Gasteiger charge is 2.26. The Bertz CT molecular complexity index is 463. The van der Waals surface area contributed by atoms with Crippen molar-refractivity contribution in [3.05, 3.63) is 0 Å². The Morgan fingerprint density at radius 1 is 1.29 bits per heavy atom. The van der Waals surface area contributed by atoms with E-state index in [0.717, 1.165) is 25.5 Å². The molecular weight excluding hydrogens is 296 g/mol. The van der Waals surface area contributed by atoms with Gasteiger partial charge in [0.15, 0.2) is 0 Å². The Balaban J connectivity index is 2.44. The number of carbonyl (C=O) groups is 2. The lowest BCUT2D eigenvalue weighted by molar-refractivity contribution is -0.137. The first kappa shape index (κ1) is 17.9. The quantitative estimate of drug-likeness (QED) is 0.680. The zero-order valence-corrected chi connectivity index (χ0v) is 13.2. The summed E-state index contributed by atoms with van der Waals surface area (Å²) in [5.74, 6) is -0.921. The number of piperidine rings is 1. The number of nitrogens with one attached hydrogen (secondary N) is 1. The number of aliphatic carboxylic acids is 1. The molecule has 7 nitrogen and oxygen atoms in total. The molecule has 0 bridgehead atoms. The monoisotopic (exact) mass is 320 g/mol. The number of likely N-dealkylation sites (tertiary alicyclic amines) is 1. The second kappa shape index (κ2) is 8.33. The van der Waals surface area contributed by atoms with Crippen molar-refractivity contribution in [2.45, 2.75) is 51.0 Å². The van der Waals surface area contributed by atoms with Crippen molar-refractivity contribution >= 4 is 21.9 Å². The van der Waals surface area contributed by atoms with E-state index >= 15 is 0 Å². The molecule has 21 heavy (non-hydrogen) atoms. The van der Waals surface area contributed by atoms with Crippen LogP contribution in [0, 0.1) is 0 Å². The van der Waals surface area contributed by atoms with Gasteiger partial charge in [-0.2, -0.15) is 0 Å². The number of rotatable bonds is 8. The largest absolute Gasteiger partial charge is 0.481 e. The van der Waals surface area contributed by atoms with E-state index in [0.29, 0.717) is 25.9 Å². The van der Waals surface area contributed by atoms with Crippen molar-refractivity contribution in [1.29, 1.82) is 0 Å². The summed E-state index contributed by atoms with van der Waals surface area (Å²) in [5.41, 5.74) is 0. The number of nitrogens with zero attached hydrogens (tertiary/aromatic N) is 1. The highest BCUT2D eigenvalue weighted by Crippen LogP contribution is 2.21. The summed E-state index contributed by atoms with van der Waals surface area (Å²) in [6, 6.07) is 0.0466. The number of amides is 1. The van der Waals surface area contributed by atoms with Gasteiger partial charge in [0, 0.05) is 32.0 Å². The number of sulfonamides is 1. The molecule has 1 saturated heterocycles. The zero-order valence-electron chi connectivity index (χ0n) is 12.4. The third-order valence-electron chi connectivity index (χ3n) is 3.57. The molecule has 1 amide bonds. The fraction of sp³-hybridized carbons (Fsp3) is 0.846. The van der Waals surface area contributed by atoms with Crippen LogP contribution in [0.5, 0.6) is 0 Å². The first-order chi connectivity index (χ1) is 9.79. The Morgan fingerprint density at radius 3 is 2.62 bits per heavy atom. The summed E-state index contributed by atoms with van der Waals surface area (Å²) in [4.78, 5) is 24.4. The first-order valence-corrected chi connectivity index (χ1v) is 9.14. The Hall–Kier alpha value is -1.15. The lowest BCUT2D eigenvalue weighted by Gasteiger charge is -2.36. The van der Waals surface area contributed by atoms with Crippen LogP contribution >= 0.6 is 0 Å². The normalized spacial score (nSPS) is 19.5. The summed E-state index contributed by atoms with van der Waals surface area (Å²) in [5, 5.41) is 8.59. The molecule has 0 saturated carbocycles. The molecule has 0 aromatic heterocycles. The second-order valence-electron chi connectivity index (χ2n) is 5.44. The summed E-state index contributed by atoms with van der Waals surface area (Å²) < 4.78 is 24.5. The minimum absolute atomic E-state index is 0.000118. The van der Waals surface area contributed by atoms with Crippen LogP contribution in [0.3, 0.4) is 0 Å². The van der Waals surface area contributed by atoms with Crippen molar-refractivity contribution in [2.75, 3.05) is 19.3 Å². The van der Waals surface area contributed by atoms with Gasteiger partial charge < -0.3 is 10.0 Å². The fourth-order valence-electron chi connectivity index (χ4n) is 2.57. The van der Waals surface area contributed by atoms with Gasteiger partial charge in [0.25, 0.3) is 0 Å². The Kier molecular flexibility index (Phi) is 7.10. The molecule has 1 heterocycles. The SMILES string of the molecule is CS(=O)(=O)NCCC1CCCCN1C(=O)CCCC(=O)O. The van der Waals surface area contributed by atoms with E-state index in [9.17, 15) is 18.0 Å². The molecule has 122 valence electrons. The predicted molar refractivity (Wildman–Crippen MR) is 78.3 cm³/mol. The first-order valence-electron chi connectivity index (χ1n) is 7.25. The summed E-state index contributed by atoms with van der Waals surface area (Å²) in [7, 11) is -3.21. The van der Waals surface area contributed by atoms with E-state index < -0.39 is 16.0 Å². The molecule has 0 aromatic carbocycles. The molecule has 2 N–H and O–H groups in total. The molecule has 0 aromatic rings. The molecule has 1 aliphatic heterocycles. The van der Waals surface area contributed by atoms with Gasteiger partial charge in [-0.15, -0.1) is 0 Å². The molecule has 1 fully saturated rings. The van der Waals surface area contributed by atoms with E-state index in [4.69, 9.17) is 5.11 Å². The van der Waals surface area contributed by atoms with E-state index in [1.54, 1.807) is 4.90 Å². The van der Waals surface area contributed by atoms with E-state index in [1.807, 2.05) is 0 Å². The number of hydrogen-bond acceptors (Lipinski definition) is 4. The average molecular weight is 320 g/mol. The van der Waals surface area contributed by atoms with Crippen molar-refractivity contribution in [1.82, 2.24) is 9.62 Å². The van der Waals surface area contributed by atoms with Crippen LogP contribution in [-0.2, 0) is 19.6 Å². The predicted octanol–water partition coefficient (Wildman–Crippen LogP) is 0.562. The van der Waals surface area contributed by atoms with Gasteiger partial charge in [-0.25, -0.2) is 13.1 Å². The van der Waals surface area contributed by atoms with Gasteiger partial charge in [-0.05, 0) is 32.1 Å². The molecule has 1 unspecified atom stereocenters. The van der Waals surface area contributed by atoms with E-state index in [1.165, 1.54) is 0 Å². The van der Waals surface area contributed by atoms with Gasteiger partial charge in [0.05, 0.1) is 6.26 Å². The highest BCUT2D eigenvalue weighted by molar-refractivity contribution is 7.88. The van der Waals surface area contributed by atoms with Crippen LogP contribution in [0.4, 0.5) is 0 Å². The Morgan fingerprint density at radius 2 is 2.00 bits per heavy atom. The third kappa shape index (κ3) is 7.42. The maximum atomic E-state index is 12.1.